The zero-order valence-electron chi connectivity index (χ0n) is 14.4. The first kappa shape index (κ1) is 19.5. The molecule has 1 atom stereocenters. The zero-order chi connectivity index (χ0) is 19.1. The third-order valence-electron chi connectivity index (χ3n) is 3.48. The van der Waals surface area contributed by atoms with Crippen LogP contribution in [0.2, 0.25) is 5.02 Å². The number of benzene rings is 2. The molecule has 0 aliphatic carbocycles. The van der Waals surface area contributed by atoms with Crippen molar-refractivity contribution in [3.63, 3.8) is 0 Å². The molecule has 0 saturated heterocycles. The SMILES string of the molecule is CCNC(=O)NC(=O)[C@@H](C)Oc1ccc(C(=O)c2ccc(Cl)cc2)cc1. The van der Waals surface area contributed by atoms with Crippen LogP contribution in [0.25, 0.3) is 0 Å². The molecule has 0 aliphatic rings. The van der Waals surface area contributed by atoms with E-state index in [9.17, 15) is 14.4 Å². The van der Waals surface area contributed by atoms with E-state index in [2.05, 4.69) is 10.6 Å². The van der Waals surface area contributed by atoms with Crippen molar-refractivity contribution in [2.24, 2.45) is 0 Å². The van der Waals surface area contributed by atoms with E-state index in [1.165, 1.54) is 6.92 Å². The second-order valence-electron chi connectivity index (χ2n) is 5.47. The highest BCUT2D eigenvalue weighted by molar-refractivity contribution is 6.30. The van der Waals surface area contributed by atoms with Gasteiger partial charge in [0.05, 0.1) is 0 Å². The fourth-order valence-electron chi connectivity index (χ4n) is 2.13. The standard InChI is InChI=1S/C19H19ClN2O4/c1-3-21-19(25)22-18(24)12(2)26-16-10-6-14(7-11-16)17(23)13-4-8-15(20)9-5-13/h4-12H,3H2,1-2H3,(H2,21,22,24,25)/t12-/m1/s1. The monoisotopic (exact) mass is 374 g/mol. The summed E-state index contributed by atoms with van der Waals surface area (Å²) in [6, 6.07) is 12.5. The van der Waals surface area contributed by atoms with Crippen LogP contribution < -0.4 is 15.4 Å². The molecule has 0 heterocycles. The van der Waals surface area contributed by atoms with Crippen molar-refractivity contribution < 1.29 is 19.1 Å². The summed E-state index contributed by atoms with van der Waals surface area (Å²) in [6.07, 6.45) is -0.865. The predicted molar refractivity (Wildman–Crippen MR) is 98.6 cm³/mol. The Bertz CT molecular complexity index is 788. The first-order chi connectivity index (χ1) is 12.4. The van der Waals surface area contributed by atoms with Gasteiger partial charge in [0.1, 0.15) is 5.75 Å². The molecule has 7 heteroatoms. The zero-order valence-corrected chi connectivity index (χ0v) is 15.2. The van der Waals surface area contributed by atoms with Crippen molar-refractivity contribution >= 4 is 29.3 Å². The van der Waals surface area contributed by atoms with Crippen molar-refractivity contribution in [1.29, 1.82) is 0 Å². The van der Waals surface area contributed by atoms with E-state index >= 15 is 0 Å². The third kappa shape index (κ3) is 5.32. The predicted octanol–water partition coefficient (Wildman–Crippen LogP) is 3.18. The number of carbonyl (C=O) groups excluding carboxylic acids is 3. The molecule has 2 N–H and O–H groups in total. The average molecular weight is 375 g/mol. The van der Waals surface area contributed by atoms with E-state index in [1.807, 2.05) is 0 Å². The minimum absolute atomic E-state index is 0.143. The molecule has 0 radical (unpaired) electrons. The molecule has 0 unspecified atom stereocenters. The molecular formula is C19H19ClN2O4. The van der Waals surface area contributed by atoms with Gasteiger partial charge in [-0.1, -0.05) is 11.6 Å². The molecule has 3 amide bonds. The molecule has 26 heavy (non-hydrogen) atoms. The number of ether oxygens (including phenoxy) is 1. The number of carbonyl (C=O) groups is 3. The third-order valence-corrected chi connectivity index (χ3v) is 3.73. The summed E-state index contributed by atoms with van der Waals surface area (Å²) in [4.78, 5) is 35.6. The number of rotatable bonds is 6. The molecule has 0 aliphatic heterocycles. The van der Waals surface area contributed by atoms with E-state index in [0.29, 0.717) is 28.4 Å². The van der Waals surface area contributed by atoms with E-state index < -0.39 is 18.0 Å². The Labute approximate surface area is 156 Å². The molecule has 6 nitrogen and oxygen atoms in total. The summed E-state index contributed by atoms with van der Waals surface area (Å²) < 4.78 is 5.49. The van der Waals surface area contributed by atoms with Crippen LogP contribution in [0.4, 0.5) is 4.79 Å². The van der Waals surface area contributed by atoms with Gasteiger partial charge in [-0.15, -0.1) is 0 Å². The molecule has 2 aromatic rings. The van der Waals surface area contributed by atoms with Crippen molar-refractivity contribution in [3.05, 3.63) is 64.7 Å². The van der Waals surface area contributed by atoms with Gasteiger partial charge in [-0.05, 0) is 62.4 Å². The maximum Gasteiger partial charge on any atom is 0.321 e. The molecule has 0 bridgehead atoms. The molecule has 0 aromatic heterocycles. The van der Waals surface area contributed by atoms with E-state index in [-0.39, 0.29) is 5.78 Å². The van der Waals surface area contributed by atoms with Crippen LogP contribution in [0.15, 0.2) is 48.5 Å². The second kappa shape index (κ2) is 9.01. The number of halogens is 1. The Morgan fingerprint density at radius 1 is 1.00 bits per heavy atom. The highest BCUT2D eigenvalue weighted by atomic mass is 35.5. The fraction of sp³-hybridized carbons (Fsp3) is 0.211. The highest BCUT2D eigenvalue weighted by Gasteiger charge is 2.17. The maximum atomic E-state index is 12.4. The minimum atomic E-state index is -0.865. The van der Waals surface area contributed by atoms with Crippen LogP contribution in [-0.2, 0) is 4.79 Å². The van der Waals surface area contributed by atoms with Crippen LogP contribution in [0.3, 0.4) is 0 Å². The number of urea groups is 1. The lowest BCUT2D eigenvalue weighted by molar-refractivity contribution is -0.126. The van der Waals surface area contributed by atoms with Crippen molar-refractivity contribution in [2.75, 3.05) is 6.54 Å². The van der Waals surface area contributed by atoms with Crippen molar-refractivity contribution in [2.45, 2.75) is 20.0 Å². The van der Waals surface area contributed by atoms with Crippen LogP contribution in [0.1, 0.15) is 29.8 Å². The van der Waals surface area contributed by atoms with Gasteiger partial charge < -0.3 is 10.1 Å². The van der Waals surface area contributed by atoms with Crippen LogP contribution in [0.5, 0.6) is 5.75 Å². The number of imide groups is 1. The summed E-state index contributed by atoms with van der Waals surface area (Å²) in [5.41, 5.74) is 1.01. The number of hydrogen-bond donors (Lipinski definition) is 2. The molecule has 2 rings (SSSR count). The summed E-state index contributed by atoms with van der Waals surface area (Å²) in [5.74, 6) is -0.288. The second-order valence-corrected chi connectivity index (χ2v) is 5.91. The molecular weight excluding hydrogens is 356 g/mol. The Kier molecular flexibility index (Phi) is 6.74. The highest BCUT2D eigenvalue weighted by Crippen LogP contribution is 2.18. The quantitative estimate of drug-likeness (QED) is 0.760. The van der Waals surface area contributed by atoms with Gasteiger partial charge in [0.15, 0.2) is 11.9 Å². The average Bonchev–Trinajstić information content (AvgIpc) is 2.62. The smallest absolute Gasteiger partial charge is 0.321 e. The largest absolute Gasteiger partial charge is 0.481 e. The van der Waals surface area contributed by atoms with Gasteiger partial charge >= 0.3 is 6.03 Å². The minimum Gasteiger partial charge on any atom is -0.481 e. The molecule has 136 valence electrons. The van der Waals surface area contributed by atoms with Crippen molar-refractivity contribution in [3.8, 4) is 5.75 Å². The first-order valence-electron chi connectivity index (χ1n) is 8.06. The van der Waals surface area contributed by atoms with Crippen LogP contribution in [-0.4, -0.2) is 30.4 Å². The molecule has 0 saturated carbocycles. The Balaban J connectivity index is 1.98. The number of nitrogens with one attached hydrogen (secondary N) is 2. The molecule has 2 aromatic carbocycles. The fourth-order valence-corrected chi connectivity index (χ4v) is 2.25. The number of amides is 3. The summed E-state index contributed by atoms with van der Waals surface area (Å²) in [6.45, 7) is 3.69. The van der Waals surface area contributed by atoms with Crippen molar-refractivity contribution in [1.82, 2.24) is 10.6 Å². The lowest BCUT2D eigenvalue weighted by Crippen LogP contribution is -2.45. The van der Waals surface area contributed by atoms with Gasteiger partial charge in [0.25, 0.3) is 5.91 Å². The topological polar surface area (TPSA) is 84.5 Å². The summed E-state index contributed by atoms with van der Waals surface area (Å²) in [7, 11) is 0. The Morgan fingerprint density at radius 2 is 1.54 bits per heavy atom. The lowest BCUT2D eigenvalue weighted by atomic mass is 10.0. The van der Waals surface area contributed by atoms with Gasteiger partial charge in [0.2, 0.25) is 0 Å². The molecule has 0 fully saturated rings. The van der Waals surface area contributed by atoms with E-state index in [1.54, 1.807) is 55.5 Å². The summed E-state index contributed by atoms with van der Waals surface area (Å²) in [5, 5.41) is 5.20. The number of hydrogen-bond acceptors (Lipinski definition) is 4. The van der Waals surface area contributed by atoms with Gasteiger partial charge in [-0.2, -0.15) is 0 Å². The Morgan fingerprint density at radius 3 is 2.08 bits per heavy atom. The lowest BCUT2D eigenvalue weighted by Gasteiger charge is -2.14. The van der Waals surface area contributed by atoms with Gasteiger partial charge in [-0.3, -0.25) is 14.9 Å². The van der Waals surface area contributed by atoms with Crippen LogP contribution in [0, 0.1) is 0 Å². The Hall–Kier alpha value is -2.86. The van der Waals surface area contributed by atoms with E-state index in [4.69, 9.17) is 16.3 Å². The first-order valence-corrected chi connectivity index (χ1v) is 8.44. The van der Waals surface area contributed by atoms with E-state index in [0.717, 1.165) is 0 Å². The number of ketones is 1. The summed E-state index contributed by atoms with van der Waals surface area (Å²) >= 11 is 5.82. The van der Waals surface area contributed by atoms with Crippen LogP contribution >= 0.6 is 11.6 Å². The van der Waals surface area contributed by atoms with Gasteiger partial charge in [0, 0.05) is 22.7 Å². The maximum absolute atomic E-state index is 12.4. The van der Waals surface area contributed by atoms with Gasteiger partial charge in [-0.25, -0.2) is 4.79 Å². The molecule has 0 spiro atoms. The normalized spacial score (nSPS) is 11.3.